The highest BCUT2D eigenvalue weighted by atomic mass is 32.2. The molecule has 0 radical (unpaired) electrons. The van der Waals surface area contributed by atoms with Crippen LogP contribution in [0.15, 0.2) is 40.6 Å². The molecule has 0 atom stereocenters. The molecule has 0 aliphatic rings. The van der Waals surface area contributed by atoms with Crippen molar-refractivity contribution in [3.63, 3.8) is 0 Å². The number of thiocarbonyl (C=S) groups is 1. The van der Waals surface area contributed by atoms with Crippen molar-refractivity contribution in [3.05, 3.63) is 46.2 Å². The van der Waals surface area contributed by atoms with Crippen LogP contribution >= 0.6 is 35.3 Å². The fourth-order valence-corrected chi connectivity index (χ4v) is 3.91. The summed E-state index contributed by atoms with van der Waals surface area (Å²) in [7, 11) is 0. The van der Waals surface area contributed by atoms with Gasteiger partial charge in [0.2, 0.25) is 0 Å². The second kappa shape index (κ2) is 7.29. The zero-order valence-electron chi connectivity index (χ0n) is 12.5. The summed E-state index contributed by atoms with van der Waals surface area (Å²) in [6.45, 7) is 5.27. The van der Waals surface area contributed by atoms with Crippen LogP contribution in [0.25, 0.3) is 0 Å². The Bertz CT molecular complexity index is 606. The van der Waals surface area contributed by atoms with Gasteiger partial charge in [0, 0.05) is 27.1 Å². The lowest BCUT2D eigenvalue weighted by molar-refractivity contribution is 0.686. The molecule has 1 aromatic carbocycles. The first-order valence-electron chi connectivity index (χ1n) is 6.80. The van der Waals surface area contributed by atoms with Crippen molar-refractivity contribution in [2.75, 3.05) is 11.2 Å². The number of nitrogens with two attached hydrogens (primary N) is 1. The first-order chi connectivity index (χ1) is 10.0. The summed E-state index contributed by atoms with van der Waals surface area (Å²) in [5, 5.41) is 2.11. The zero-order valence-corrected chi connectivity index (χ0v) is 14.9. The summed E-state index contributed by atoms with van der Waals surface area (Å²) in [5.74, 6) is 0. The highest BCUT2D eigenvalue weighted by Crippen LogP contribution is 2.32. The molecule has 0 bridgehead atoms. The lowest BCUT2D eigenvalue weighted by Crippen LogP contribution is -2.32. The first-order valence-corrected chi connectivity index (χ1v) is 9.31. The van der Waals surface area contributed by atoms with Gasteiger partial charge in [-0.1, -0.05) is 24.4 Å². The molecule has 0 spiro atoms. The maximum absolute atomic E-state index is 6.00. The minimum atomic E-state index is 0.373. The number of rotatable bonds is 6. The smallest absolute Gasteiger partial charge is 0.107 e. The van der Waals surface area contributed by atoms with Crippen molar-refractivity contribution >= 4 is 46.0 Å². The third kappa shape index (κ3) is 3.78. The fraction of sp³-hybridized carbons (Fsp3) is 0.312. The van der Waals surface area contributed by atoms with Crippen LogP contribution in [0.1, 0.15) is 24.3 Å². The molecule has 21 heavy (non-hydrogen) atoms. The molecule has 0 amide bonds. The standard InChI is InChI=1S/C16H20N2S3/c1-11(2)18(10-12-6-5-9-21-12)13-7-4-8-14(20-3)15(13)16(17)19/h4-9,11H,10H2,1-3H3,(H2,17,19). The average molecular weight is 337 g/mol. The summed E-state index contributed by atoms with van der Waals surface area (Å²) < 4.78 is 0. The maximum atomic E-state index is 6.00. The molecule has 2 rings (SSSR count). The van der Waals surface area contributed by atoms with Gasteiger partial charge in [0.15, 0.2) is 0 Å². The van der Waals surface area contributed by atoms with Crippen LogP contribution in [-0.4, -0.2) is 17.3 Å². The molecule has 2 N–H and O–H groups in total. The van der Waals surface area contributed by atoms with Gasteiger partial charge in [-0.2, -0.15) is 0 Å². The van der Waals surface area contributed by atoms with Crippen LogP contribution in [-0.2, 0) is 6.54 Å². The Balaban J connectivity index is 2.47. The van der Waals surface area contributed by atoms with Gasteiger partial charge in [-0.15, -0.1) is 23.1 Å². The van der Waals surface area contributed by atoms with Gasteiger partial charge >= 0.3 is 0 Å². The highest BCUT2D eigenvalue weighted by Gasteiger charge is 2.19. The normalized spacial score (nSPS) is 10.9. The maximum Gasteiger partial charge on any atom is 0.107 e. The SMILES string of the molecule is CSc1cccc(N(Cc2cccs2)C(C)C)c1C(N)=S. The average Bonchev–Trinajstić information content (AvgIpc) is 2.96. The second-order valence-electron chi connectivity index (χ2n) is 5.02. The quantitative estimate of drug-likeness (QED) is 0.620. The number of thiophene rings is 1. The Morgan fingerprint density at radius 3 is 2.62 bits per heavy atom. The number of thioether (sulfide) groups is 1. The van der Waals surface area contributed by atoms with Crippen molar-refractivity contribution in [1.82, 2.24) is 0 Å². The Morgan fingerprint density at radius 2 is 2.10 bits per heavy atom. The van der Waals surface area contributed by atoms with Crippen molar-refractivity contribution in [2.24, 2.45) is 5.73 Å². The monoisotopic (exact) mass is 336 g/mol. The van der Waals surface area contributed by atoms with E-state index in [1.165, 1.54) is 4.88 Å². The van der Waals surface area contributed by atoms with E-state index in [0.717, 1.165) is 22.7 Å². The van der Waals surface area contributed by atoms with E-state index >= 15 is 0 Å². The van der Waals surface area contributed by atoms with E-state index in [0.29, 0.717) is 11.0 Å². The van der Waals surface area contributed by atoms with Crippen LogP contribution in [0.4, 0.5) is 5.69 Å². The molecule has 2 aromatic rings. The summed E-state index contributed by atoms with van der Waals surface area (Å²) >= 11 is 8.76. The Hall–Kier alpha value is -1.04. The Morgan fingerprint density at radius 1 is 1.33 bits per heavy atom. The number of hydrogen-bond acceptors (Lipinski definition) is 4. The lowest BCUT2D eigenvalue weighted by Gasteiger charge is -2.31. The Labute approximate surface area is 140 Å². The molecule has 0 aliphatic carbocycles. The van der Waals surface area contributed by atoms with Crippen LogP contribution in [0.5, 0.6) is 0 Å². The minimum absolute atomic E-state index is 0.373. The number of hydrogen-bond donors (Lipinski definition) is 1. The van der Waals surface area contributed by atoms with Crippen LogP contribution in [0.2, 0.25) is 0 Å². The van der Waals surface area contributed by atoms with Gasteiger partial charge < -0.3 is 10.6 Å². The second-order valence-corrected chi connectivity index (χ2v) is 7.34. The topological polar surface area (TPSA) is 29.3 Å². The molecule has 2 nitrogen and oxygen atoms in total. The van der Waals surface area contributed by atoms with E-state index in [4.69, 9.17) is 18.0 Å². The molecule has 0 aliphatic heterocycles. The van der Waals surface area contributed by atoms with Crippen molar-refractivity contribution < 1.29 is 0 Å². The van der Waals surface area contributed by atoms with E-state index in [9.17, 15) is 0 Å². The van der Waals surface area contributed by atoms with Gasteiger partial charge in [-0.3, -0.25) is 0 Å². The Kier molecular flexibility index (Phi) is 5.67. The third-order valence-corrected chi connectivity index (χ3v) is 5.15. The summed E-state index contributed by atoms with van der Waals surface area (Å²) in [6, 6.07) is 10.9. The molecule has 0 saturated heterocycles. The molecule has 112 valence electrons. The molecule has 0 unspecified atom stereocenters. The van der Waals surface area contributed by atoms with E-state index < -0.39 is 0 Å². The molecule has 1 aromatic heterocycles. The zero-order chi connectivity index (χ0) is 15.4. The molecular weight excluding hydrogens is 316 g/mol. The van der Waals surface area contributed by atoms with Gasteiger partial charge in [0.25, 0.3) is 0 Å². The van der Waals surface area contributed by atoms with E-state index in [1.807, 2.05) is 0 Å². The lowest BCUT2D eigenvalue weighted by atomic mass is 10.1. The van der Waals surface area contributed by atoms with Crippen LogP contribution in [0, 0.1) is 0 Å². The highest BCUT2D eigenvalue weighted by molar-refractivity contribution is 7.98. The summed E-state index contributed by atoms with van der Waals surface area (Å²) in [6.07, 6.45) is 2.06. The van der Waals surface area contributed by atoms with Crippen molar-refractivity contribution in [1.29, 1.82) is 0 Å². The largest absolute Gasteiger partial charge is 0.389 e. The summed E-state index contributed by atoms with van der Waals surface area (Å²) in [4.78, 5) is 5.30. The van der Waals surface area contributed by atoms with Gasteiger partial charge in [0.05, 0.1) is 6.54 Å². The van der Waals surface area contributed by atoms with Gasteiger partial charge in [-0.25, -0.2) is 0 Å². The van der Waals surface area contributed by atoms with Crippen LogP contribution in [0.3, 0.4) is 0 Å². The van der Waals surface area contributed by atoms with Crippen LogP contribution < -0.4 is 10.6 Å². The predicted octanol–water partition coefficient (Wildman–Crippen LogP) is 4.52. The molecule has 1 heterocycles. The van der Waals surface area contributed by atoms with Gasteiger partial charge in [0.1, 0.15) is 4.99 Å². The first kappa shape index (κ1) is 16.3. The molecule has 0 saturated carbocycles. The number of anilines is 1. The fourth-order valence-electron chi connectivity index (χ4n) is 2.29. The molecule has 5 heteroatoms. The van der Waals surface area contributed by atoms with E-state index in [-0.39, 0.29) is 0 Å². The predicted molar refractivity (Wildman–Crippen MR) is 99.7 cm³/mol. The number of benzene rings is 1. The molecular formula is C16H20N2S3. The minimum Gasteiger partial charge on any atom is -0.389 e. The number of nitrogens with zero attached hydrogens (tertiary/aromatic N) is 1. The van der Waals surface area contributed by atoms with Crippen molar-refractivity contribution in [3.8, 4) is 0 Å². The van der Waals surface area contributed by atoms with E-state index in [1.54, 1.807) is 23.1 Å². The van der Waals surface area contributed by atoms with Gasteiger partial charge in [-0.05, 0) is 43.7 Å². The van der Waals surface area contributed by atoms with Crippen molar-refractivity contribution in [2.45, 2.75) is 31.3 Å². The summed E-state index contributed by atoms with van der Waals surface area (Å²) in [5.41, 5.74) is 8.11. The molecule has 0 fully saturated rings. The van der Waals surface area contributed by atoms with E-state index in [2.05, 4.69) is 60.7 Å². The third-order valence-electron chi connectivity index (χ3n) is 3.31.